The van der Waals surface area contributed by atoms with Gasteiger partial charge in [-0.1, -0.05) is 23.1 Å². The minimum Gasteiger partial charge on any atom is -0.289 e. The van der Waals surface area contributed by atoms with Gasteiger partial charge in [-0.05, 0) is 12.1 Å². The number of hydrazine groups is 1. The SMILES string of the molecule is NNC(=O)c1ccc(CSc2nncs2)s1. The molecule has 5 nitrogen and oxygen atoms in total. The van der Waals surface area contributed by atoms with E-state index in [1.807, 2.05) is 6.07 Å². The Morgan fingerprint density at radius 1 is 1.56 bits per heavy atom. The van der Waals surface area contributed by atoms with Gasteiger partial charge in [-0.3, -0.25) is 10.2 Å². The Hall–Kier alpha value is -0.960. The molecule has 0 fully saturated rings. The summed E-state index contributed by atoms with van der Waals surface area (Å²) in [6.45, 7) is 0. The van der Waals surface area contributed by atoms with E-state index in [-0.39, 0.29) is 5.91 Å². The first-order valence-corrected chi connectivity index (χ1v) is 6.96. The van der Waals surface area contributed by atoms with Crippen LogP contribution in [0.1, 0.15) is 14.5 Å². The summed E-state index contributed by atoms with van der Waals surface area (Å²) >= 11 is 4.54. The first-order chi connectivity index (χ1) is 7.79. The second-order valence-electron chi connectivity index (χ2n) is 2.73. The van der Waals surface area contributed by atoms with Crippen molar-refractivity contribution in [3.8, 4) is 0 Å². The summed E-state index contributed by atoms with van der Waals surface area (Å²) in [4.78, 5) is 12.9. The molecule has 2 aromatic heterocycles. The molecular formula is C8H8N4OS3. The Labute approximate surface area is 104 Å². The van der Waals surface area contributed by atoms with E-state index >= 15 is 0 Å². The third kappa shape index (κ3) is 2.79. The summed E-state index contributed by atoms with van der Waals surface area (Å²) in [7, 11) is 0. The van der Waals surface area contributed by atoms with Gasteiger partial charge in [0.1, 0.15) is 5.51 Å². The van der Waals surface area contributed by atoms with Gasteiger partial charge < -0.3 is 0 Å². The number of nitrogen functional groups attached to an aromatic ring is 1. The number of nitrogens with zero attached hydrogens (tertiary/aromatic N) is 2. The number of nitrogens with two attached hydrogens (primary N) is 1. The number of rotatable bonds is 4. The summed E-state index contributed by atoms with van der Waals surface area (Å²) in [6, 6.07) is 3.69. The van der Waals surface area contributed by atoms with Gasteiger partial charge in [-0.25, -0.2) is 5.84 Å². The maximum atomic E-state index is 11.2. The number of nitrogens with one attached hydrogen (secondary N) is 1. The van der Waals surface area contributed by atoms with Crippen molar-refractivity contribution in [3.05, 3.63) is 27.4 Å². The number of aromatic nitrogens is 2. The topological polar surface area (TPSA) is 80.9 Å². The van der Waals surface area contributed by atoms with E-state index in [1.54, 1.807) is 23.3 Å². The van der Waals surface area contributed by atoms with Gasteiger partial charge in [0.2, 0.25) is 0 Å². The predicted octanol–water partition coefficient (Wildman–Crippen LogP) is 1.50. The summed E-state index contributed by atoms with van der Waals surface area (Å²) in [6.07, 6.45) is 0. The van der Waals surface area contributed by atoms with Gasteiger partial charge in [0, 0.05) is 10.6 Å². The number of carbonyl (C=O) groups excluding carboxylic acids is 1. The molecule has 2 aromatic rings. The van der Waals surface area contributed by atoms with Crippen LogP contribution < -0.4 is 11.3 Å². The lowest BCUT2D eigenvalue weighted by atomic mass is 10.4. The maximum absolute atomic E-state index is 11.2. The molecule has 0 aromatic carbocycles. The van der Waals surface area contributed by atoms with Crippen molar-refractivity contribution in [2.24, 2.45) is 5.84 Å². The van der Waals surface area contributed by atoms with Crippen LogP contribution in [0.3, 0.4) is 0 Å². The van der Waals surface area contributed by atoms with Crippen molar-refractivity contribution in [2.75, 3.05) is 0 Å². The summed E-state index contributed by atoms with van der Waals surface area (Å²) < 4.78 is 0.929. The highest BCUT2D eigenvalue weighted by Crippen LogP contribution is 2.27. The largest absolute Gasteiger partial charge is 0.289 e. The van der Waals surface area contributed by atoms with Crippen molar-refractivity contribution in [3.63, 3.8) is 0 Å². The molecule has 1 amide bonds. The number of thiophene rings is 1. The van der Waals surface area contributed by atoms with Crippen molar-refractivity contribution in [1.29, 1.82) is 0 Å². The molecule has 8 heteroatoms. The number of hydrogen-bond acceptors (Lipinski definition) is 7. The highest BCUT2D eigenvalue weighted by Gasteiger charge is 2.08. The zero-order chi connectivity index (χ0) is 11.4. The smallest absolute Gasteiger partial charge is 0.275 e. The van der Waals surface area contributed by atoms with Crippen molar-refractivity contribution < 1.29 is 4.79 Å². The average molecular weight is 272 g/mol. The second-order valence-corrected chi connectivity index (χ2v) is 5.96. The number of carbonyl (C=O) groups is 1. The predicted molar refractivity (Wildman–Crippen MR) is 65.4 cm³/mol. The molecule has 0 saturated carbocycles. The van der Waals surface area contributed by atoms with E-state index in [4.69, 9.17) is 5.84 Å². The molecule has 0 unspecified atom stereocenters. The van der Waals surface area contributed by atoms with Crippen LogP contribution >= 0.6 is 34.4 Å². The zero-order valence-electron chi connectivity index (χ0n) is 8.04. The highest BCUT2D eigenvalue weighted by atomic mass is 32.2. The summed E-state index contributed by atoms with van der Waals surface area (Å²) in [5.41, 5.74) is 3.81. The summed E-state index contributed by atoms with van der Waals surface area (Å²) in [5, 5.41) is 7.68. The standard InChI is InChI=1S/C8H8N4OS3/c9-11-7(13)6-2-1-5(16-6)3-14-8-12-10-4-15-8/h1-2,4H,3,9H2,(H,11,13). The van der Waals surface area contributed by atoms with Gasteiger partial charge in [0.15, 0.2) is 4.34 Å². The molecule has 0 bridgehead atoms. The number of amides is 1. The quantitative estimate of drug-likeness (QED) is 0.381. The second kappa shape index (κ2) is 5.39. The number of thioether (sulfide) groups is 1. The normalized spacial score (nSPS) is 10.3. The lowest BCUT2D eigenvalue weighted by Crippen LogP contribution is -2.29. The van der Waals surface area contributed by atoms with Crippen LogP contribution in [0.2, 0.25) is 0 Å². The fraction of sp³-hybridized carbons (Fsp3) is 0.125. The van der Waals surface area contributed by atoms with E-state index < -0.39 is 0 Å². The Bertz CT molecular complexity index is 467. The van der Waals surface area contributed by atoms with E-state index in [9.17, 15) is 4.79 Å². The van der Waals surface area contributed by atoms with E-state index in [1.165, 1.54) is 22.7 Å². The molecule has 2 rings (SSSR count). The molecule has 3 N–H and O–H groups in total. The molecule has 0 radical (unpaired) electrons. The Balaban J connectivity index is 1.95. The van der Waals surface area contributed by atoms with Crippen LogP contribution in [-0.4, -0.2) is 16.1 Å². The highest BCUT2D eigenvalue weighted by molar-refractivity contribution is 8.00. The van der Waals surface area contributed by atoms with Crippen molar-refractivity contribution in [1.82, 2.24) is 15.6 Å². The first kappa shape index (κ1) is 11.5. The molecule has 0 aliphatic carbocycles. The van der Waals surface area contributed by atoms with Gasteiger partial charge in [0.25, 0.3) is 5.91 Å². The minimum atomic E-state index is -0.253. The Morgan fingerprint density at radius 2 is 2.44 bits per heavy atom. The molecule has 16 heavy (non-hydrogen) atoms. The molecule has 0 atom stereocenters. The van der Waals surface area contributed by atoms with Crippen LogP contribution in [0.5, 0.6) is 0 Å². The number of hydrogen-bond donors (Lipinski definition) is 2. The van der Waals surface area contributed by atoms with E-state index in [0.29, 0.717) is 4.88 Å². The third-order valence-corrected chi connectivity index (χ3v) is 4.87. The third-order valence-electron chi connectivity index (χ3n) is 1.69. The van der Waals surface area contributed by atoms with Gasteiger partial charge in [-0.2, -0.15) is 0 Å². The molecule has 2 heterocycles. The fourth-order valence-corrected chi connectivity index (χ4v) is 3.45. The van der Waals surface area contributed by atoms with Gasteiger partial charge in [-0.15, -0.1) is 21.5 Å². The molecule has 0 aliphatic rings. The molecular weight excluding hydrogens is 264 g/mol. The van der Waals surface area contributed by atoms with E-state index in [0.717, 1.165) is 15.0 Å². The van der Waals surface area contributed by atoms with Gasteiger partial charge in [0.05, 0.1) is 4.88 Å². The lowest BCUT2D eigenvalue weighted by molar-refractivity contribution is 0.0957. The molecule has 0 saturated heterocycles. The summed E-state index contributed by atoms with van der Waals surface area (Å²) in [5.74, 6) is 5.59. The van der Waals surface area contributed by atoms with E-state index in [2.05, 4.69) is 15.6 Å². The maximum Gasteiger partial charge on any atom is 0.275 e. The zero-order valence-corrected chi connectivity index (χ0v) is 10.5. The molecule has 84 valence electrons. The van der Waals surface area contributed by atoms with Crippen molar-refractivity contribution >= 4 is 40.3 Å². The van der Waals surface area contributed by atoms with Crippen LogP contribution in [0.15, 0.2) is 22.0 Å². The Morgan fingerprint density at radius 3 is 3.12 bits per heavy atom. The minimum absolute atomic E-state index is 0.253. The van der Waals surface area contributed by atoms with Crippen molar-refractivity contribution in [2.45, 2.75) is 10.1 Å². The van der Waals surface area contributed by atoms with Crippen LogP contribution in [0.4, 0.5) is 0 Å². The lowest BCUT2D eigenvalue weighted by Gasteiger charge is -1.94. The monoisotopic (exact) mass is 272 g/mol. The van der Waals surface area contributed by atoms with Crippen LogP contribution in [0.25, 0.3) is 0 Å². The first-order valence-electron chi connectivity index (χ1n) is 4.28. The fourth-order valence-electron chi connectivity index (χ4n) is 1.01. The Kier molecular flexibility index (Phi) is 3.88. The molecule has 0 spiro atoms. The molecule has 0 aliphatic heterocycles. The van der Waals surface area contributed by atoms with Crippen LogP contribution in [-0.2, 0) is 5.75 Å². The average Bonchev–Trinajstić information content (AvgIpc) is 2.96. The van der Waals surface area contributed by atoms with Gasteiger partial charge >= 0.3 is 0 Å². The van der Waals surface area contributed by atoms with Crippen LogP contribution in [0, 0.1) is 0 Å².